The molecule has 0 saturated heterocycles. The standard InChI is InChI=1S/C23H24FNO5/c24-17-6-3-5-16(13-17)23(9-1-2-10-23)22(27)30-15-21(26)25-18-7-8-19-20(14-18)29-12-4-11-28-19/h3,5-8,13-14H,1-2,4,9-12,15H2,(H,25,26). The van der Waals surface area contributed by atoms with Crippen LogP contribution < -0.4 is 14.8 Å². The summed E-state index contributed by atoms with van der Waals surface area (Å²) in [5.41, 5.74) is 0.242. The molecule has 1 heterocycles. The van der Waals surface area contributed by atoms with Crippen molar-refractivity contribution in [2.24, 2.45) is 0 Å². The molecule has 2 aromatic rings. The topological polar surface area (TPSA) is 73.9 Å². The predicted octanol–water partition coefficient (Wildman–Crippen LogP) is 3.98. The number of halogens is 1. The van der Waals surface area contributed by atoms with Gasteiger partial charge in [-0.3, -0.25) is 9.59 Å². The summed E-state index contributed by atoms with van der Waals surface area (Å²) in [6, 6.07) is 11.2. The zero-order valence-corrected chi connectivity index (χ0v) is 16.6. The molecule has 1 amide bonds. The first-order valence-corrected chi connectivity index (χ1v) is 10.2. The number of nitrogens with one attached hydrogen (secondary N) is 1. The van der Waals surface area contributed by atoms with Gasteiger partial charge in [0.1, 0.15) is 5.82 Å². The highest BCUT2D eigenvalue weighted by Gasteiger charge is 2.44. The molecule has 1 fully saturated rings. The van der Waals surface area contributed by atoms with Crippen molar-refractivity contribution in [3.05, 3.63) is 53.8 Å². The number of carbonyl (C=O) groups excluding carboxylic acids is 2. The van der Waals surface area contributed by atoms with Crippen molar-refractivity contribution in [3.8, 4) is 11.5 Å². The molecule has 1 aliphatic heterocycles. The molecule has 7 heteroatoms. The van der Waals surface area contributed by atoms with Crippen molar-refractivity contribution in [3.63, 3.8) is 0 Å². The van der Waals surface area contributed by atoms with E-state index in [-0.39, 0.29) is 0 Å². The molecule has 2 aliphatic rings. The molecular weight excluding hydrogens is 389 g/mol. The number of ether oxygens (including phenoxy) is 3. The van der Waals surface area contributed by atoms with Gasteiger partial charge in [-0.1, -0.05) is 25.0 Å². The Hall–Kier alpha value is -3.09. The molecule has 1 N–H and O–H groups in total. The van der Waals surface area contributed by atoms with Crippen molar-refractivity contribution < 1.29 is 28.2 Å². The molecule has 2 aromatic carbocycles. The lowest BCUT2D eigenvalue weighted by Crippen LogP contribution is -2.36. The number of hydrogen-bond donors (Lipinski definition) is 1. The molecule has 0 unspecified atom stereocenters. The quantitative estimate of drug-likeness (QED) is 0.751. The third-order valence-corrected chi connectivity index (χ3v) is 5.59. The van der Waals surface area contributed by atoms with E-state index >= 15 is 0 Å². The fourth-order valence-electron chi connectivity index (χ4n) is 4.08. The van der Waals surface area contributed by atoms with Crippen LogP contribution in [0.5, 0.6) is 11.5 Å². The van der Waals surface area contributed by atoms with Crippen LogP contribution in [-0.2, 0) is 19.7 Å². The van der Waals surface area contributed by atoms with Gasteiger partial charge >= 0.3 is 5.97 Å². The van der Waals surface area contributed by atoms with Gasteiger partial charge in [0.05, 0.1) is 18.6 Å². The maximum atomic E-state index is 13.7. The minimum atomic E-state index is -0.891. The van der Waals surface area contributed by atoms with Gasteiger partial charge in [-0.05, 0) is 42.7 Å². The molecule has 0 bridgehead atoms. The van der Waals surface area contributed by atoms with Crippen molar-refractivity contribution >= 4 is 17.6 Å². The summed E-state index contributed by atoms with van der Waals surface area (Å²) < 4.78 is 30.3. The summed E-state index contributed by atoms with van der Waals surface area (Å²) in [6.07, 6.45) is 3.67. The van der Waals surface area contributed by atoms with Gasteiger partial charge in [-0.15, -0.1) is 0 Å². The zero-order chi connectivity index (χ0) is 21.0. The van der Waals surface area contributed by atoms with Gasteiger partial charge in [0, 0.05) is 18.2 Å². The number of fused-ring (bicyclic) bond motifs is 1. The number of esters is 1. The van der Waals surface area contributed by atoms with E-state index in [4.69, 9.17) is 14.2 Å². The maximum Gasteiger partial charge on any atom is 0.317 e. The minimum Gasteiger partial charge on any atom is -0.490 e. The Morgan fingerprint density at radius 1 is 1.00 bits per heavy atom. The average Bonchev–Trinajstić information content (AvgIpc) is 3.13. The monoisotopic (exact) mass is 413 g/mol. The van der Waals surface area contributed by atoms with Crippen molar-refractivity contribution in [1.29, 1.82) is 0 Å². The highest BCUT2D eigenvalue weighted by molar-refractivity contribution is 5.94. The second kappa shape index (κ2) is 8.73. The van der Waals surface area contributed by atoms with E-state index in [0.717, 1.165) is 19.3 Å². The lowest BCUT2D eigenvalue weighted by molar-refractivity contribution is -0.153. The molecule has 1 saturated carbocycles. The fourth-order valence-corrected chi connectivity index (χ4v) is 4.08. The summed E-state index contributed by atoms with van der Waals surface area (Å²) in [7, 11) is 0. The van der Waals surface area contributed by atoms with E-state index in [1.165, 1.54) is 12.1 Å². The normalized spacial score (nSPS) is 17.1. The number of rotatable bonds is 5. The summed E-state index contributed by atoms with van der Waals surface area (Å²) >= 11 is 0. The lowest BCUT2D eigenvalue weighted by Gasteiger charge is -2.27. The van der Waals surface area contributed by atoms with Crippen LogP contribution in [0.3, 0.4) is 0 Å². The largest absolute Gasteiger partial charge is 0.490 e. The Morgan fingerprint density at radius 3 is 2.53 bits per heavy atom. The Labute approximate surface area is 174 Å². The smallest absolute Gasteiger partial charge is 0.317 e. The van der Waals surface area contributed by atoms with E-state index in [2.05, 4.69) is 5.32 Å². The fraction of sp³-hybridized carbons (Fsp3) is 0.391. The third kappa shape index (κ3) is 4.25. The van der Waals surface area contributed by atoms with Crippen LogP contribution in [0.15, 0.2) is 42.5 Å². The van der Waals surface area contributed by atoms with Crippen LogP contribution in [0.2, 0.25) is 0 Å². The van der Waals surface area contributed by atoms with E-state index in [1.54, 1.807) is 30.3 Å². The van der Waals surface area contributed by atoms with Crippen molar-refractivity contribution in [2.45, 2.75) is 37.5 Å². The molecule has 0 spiro atoms. The van der Waals surface area contributed by atoms with Crippen molar-refractivity contribution in [2.75, 3.05) is 25.1 Å². The molecule has 0 atom stereocenters. The first-order chi connectivity index (χ1) is 14.6. The van der Waals surface area contributed by atoms with Crippen LogP contribution in [0, 0.1) is 5.82 Å². The molecule has 6 nitrogen and oxygen atoms in total. The molecule has 158 valence electrons. The van der Waals surface area contributed by atoms with Gasteiger partial charge in [0.25, 0.3) is 5.91 Å². The van der Waals surface area contributed by atoms with E-state index in [1.807, 2.05) is 0 Å². The lowest BCUT2D eigenvalue weighted by atomic mass is 9.79. The van der Waals surface area contributed by atoms with Crippen LogP contribution in [-0.4, -0.2) is 31.7 Å². The number of hydrogen-bond acceptors (Lipinski definition) is 5. The maximum absolute atomic E-state index is 13.7. The first-order valence-electron chi connectivity index (χ1n) is 10.2. The molecule has 30 heavy (non-hydrogen) atoms. The second-order valence-corrected chi connectivity index (χ2v) is 7.64. The van der Waals surface area contributed by atoms with Crippen LogP contribution in [0.4, 0.5) is 10.1 Å². The van der Waals surface area contributed by atoms with E-state index < -0.39 is 29.7 Å². The van der Waals surface area contributed by atoms with E-state index in [0.29, 0.717) is 48.8 Å². The molecule has 1 aliphatic carbocycles. The zero-order valence-electron chi connectivity index (χ0n) is 16.6. The summed E-state index contributed by atoms with van der Waals surface area (Å²) in [5.74, 6) is -0.128. The molecular formula is C23H24FNO5. The Bertz CT molecular complexity index is 939. The van der Waals surface area contributed by atoms with Crippen LogP contribution in [0.25, 0.3) is 0 Å². The number of carbonyl (C=O) groups is 2. The van der Waals surface area contributed by atoms with Gasteiger partial charge < -0.3 is 19.5 Å². The second-order valence-electron chi connectivity index (χ2n) is 7.64. The van der Waals surface area contributed by atoms with Crippen LogP contribution in [0.1, 0.15) is 37.7 Å². The Kier molecular flexibility index (Phi) is 5.88. The molecule has 0 aromatic heterocycles. The third-order valence-electron chi connectivity index (χ3n) is 5.59. The number of benzene rings is 2. The van der Waals surface area contributed by atoms with Gasteiger partial charge in [0.15, 0.2) is 18.1 Å². The van der Waals surface area contributed by atoms with Crippen LogP contribution >= 0.6 is 0 Å². The van der Waals surface area contributed by atoms with Gasteiger partial charge in [-0.2, -0.15) is 0 Å². The SMILES string of the molecule is O=C(COC(=O)C1(c2cccc(F)c2)CCCC1)Nc1ccc2c(c1)OCCCO2. The Balaban J connectivity index is 1.39. The summed E-state index contributed by atoms with van der Waals surface area (Å²) in [5, 5.41) is 2.71. The summed E-state index contributed by atoms with van der Waals surface area (Å²) in [6.45, 7) is 0.718. The highest BCUT2D eigenvalue weighted by atomic mass is 19.1. The van der Waals surface area contributed by atoms with Gasteiger partial charge in [-0.25, -0.2) is 4.39 Å². The van der Waals surface area contributed by atoms with Gasteiger partial charge in [0.2, 0.25) is 0 Å². The highest BCUT2D eigenvalue weighted by Crippen LogP contribution is 2.42. The molecule has 4 rings (SSSR count). The summed E-state index contributed by atoms with van der Waals surface area (Å²) in [4.78, 5) is 25.2. The minimum absolute atomic E-state index is 0.390. The number of anilines is 1. The number of amides is 1. The first kappa shape index (κ1) is 20.2. The molecule has 0 radical (unpaired) electrons. The Morgan fingerprint density at radius 2 is 1.77 bits per heavy atom. The average molecular weight is 413 g/mol. The van der Waals surface area contributed by atoms with Crippen molar-refractivity contribution in [1.82, 2.24) is 0 Å². The van der Waals surface area contributed by atoms with E-state index in [9.17, 15) is 14.0 Å². The predicted molar refractivity (Wildman–Crippen MR) is 108 cm³/mol.